The molecule has 0 aliphatic carbocycles. The maximum atomic E-state index is 13.6. The van der Waals surface area contributed by atoms with Gasteiger partial charge < -0.3 is 19.7 Å². The highest BCUT2D eigenvalue weighted by molar-refractivity contribution is 7.09. The van der Waals surface area contributed by atoms with Crippen molar-refractivity contribution in [3.05, 3.63) is 74.7 Å². The molecule has 3 aromatic rings. The van der Waals surface area contributed by atoms with Crippen molar-refractivity contribution in [2.75, 3.05) is 20.3 Å². The maximum absolute atomic E-state index is 13.6. The number of benzene rings is 2. The molecule has 9 heteroatoms. The van der Waals surface area contributed by atoms with Gasteiger partial charge in [0.05, 0.1) is 24.9 Å². The molecule has 1 aliphatic heterocycles. The van der Waals surface area contributed by atoms with Gasteiger partial charge in [0, 0.05) is 35.0 Å². The van der Waals surface area contributed by atoms with E-state index in [1.807, 2.05) is 30.6 Å². The van der Waals surface area contributed by atoms with Crippen LogP contribution in [0.15, 0.2) is 48.0 Å². The van der Waals surface area contributed by atoms with E-state index in [0.717, 1.165) is 30.5 Å². The molecular formula is C27H30ClN3O4S. The van der Waals surface area contributed by atoms with E-state index in [2.05, 4.69) is 10.3 Å². The summed E-state index contributed by atoms with van der Waals surface area (Å²) in [6, 6.07) is 11.9. The molecule has 0 spiro atoms. The van der Waals surface area contributed by atoms with Crippen LogP contribution in [0.3, 0.4) is 0 Å². The normalized spacial score (nSPS) is 15.6. The lowest BCUT2D eigenvalue weighted by Crippen LogP contribution is -2.48. The number of thiazole rings is 1. The number of amides is 2. The number of ether oxygens (including phenoxy) is 2. The molecule has 2 heterocycles. The summed E-state index contributed by atoms with van der Waals surface area (Å²) in [5.41, 5.74) is 4.15. The summed E-state index contributed by atoms with van der Waals surface area (Å²) in [5.74, 6) is 0.837. The first-order valence-electron chi connectivity index (χ1n) is 12.0. The van der Waals surface area contributed by atoms with Crippen molar-refractivity contribution < 1.29 is 19.1 Å². The fraction of sp³-hybridized carbons (Fsp3) is 0.370. The molecule has 1 atom stereocenters. The average molecular weight is 528 g/mol. The zero-order valence-electron chi connectivity index (χ0n) is 20.5. The van der Waals surface area contributed by atoms with Gasteiger partial charge in [-0.3, -0.25) is 9.59 Å². The third-order valence-corrected chi connectivity index (χ3v) is 7.46. The zero-order chi connectivity index (χ0) is 25.5. The van der Waals surface area contributed by atoms with Gasteiger partial charge >= 0.3 is 0 Å². The van der Waals surface area contributed by atoms with Gasteiger partial charge in [0.15, 0.2) is 11.5 Å². The molecule has 2 amide bonds. The molecule has 1 fully saturated rings. The second-order valence-corrected chi connectivity index (χ2v) is 10.1. The number of hydrogen-bond acceptors (Lipinski definition) is 6. The number of nitrogens with zero attached hydrogens (tertiary/aromatic N) is 2. The van der Waals surface area contributed by atoms with Crippen LogP contribution in [-0.2, 0) is 17.8 Å². The summed E-state index contributed by atoms with van der Waals surface area (Å²) >= 11 is 7.77. The molecule has 1 saturated heterocycles. The van der Waals surface area contributed by atoms with Crippen molar-refractivity contribution in [3.63, 3.8) is 0 Å². The molecule has 190 valence electrons. The lowest BCUT2D eigenvalue weighted by atomic mass is 10.0. The Morgan fingerprint density at radius 2 is 2.08 bits per heavy atom. The second-order valence-electron chi connectivity index (χ2n) is 8.69. The molecule has 36 heavy (non-hydrogen) atoms. The Kier molecular flexibility index (Phi) is 8.83. The quantitative estimate of drug-likeness (QED) is 0.421. The summed E-state index contributed by atoms with van der Waals surface area (Å²) in [5, 5.41) is 3.42. The second kappa shape index (κ2) is 12.2. The van der Waals surface area contributed by atoms with Crippen LogP contribution < -0.4 is 14.8 Å². The molecular weight excluding hydrogens is 498 g/mol. The van der Waals surface area contributed by atoms with Crippen LogP contribution in [0.25, 0.3) is 0 Å². The van der Waals surface area contributed by atoms with Crippen LogP contribution in [0.5, 0.6) is 11.5 Å². The number of carbonyl (C=O) groups excluding carboxylic acids is 2. The number of aromatic nitrogens is 1. The van der Waals surface area contributed by atoms with E-state index >= 15 is 0 Å². The summed E-state index contributed by atoms with van der Waals surface area (Å²) in [6.45, 7) is 3.36. The molecule has 1 N–H and O–H groups in total. The Morgan fingerprint density at radius 3 is 2.83 bits per heavy atom. The molecule has 0 saturated carbocycles. The number of rotatable bonds is 9. The largest absolute Gasteiger partial charge is 0.493 e. The van der Waals surface area contributed by atoms with Crippen LogP contribution in [0.1, 0.15) is 45.8 Å². The molecule has 0 bridgehead atoms. The van der Waals surface area contributed by atoms with Crippen LogP contribution in [0.2, 0.25) is 5.02 Å². The standard InChI is InChI=1S/C27H30ClN3O4S/c1-18-25(36-17-30-18)11-13-35-23-10-9-19(14-24(23)34-2)16-31(22-8-3-4-12-29-26(22)32)27(33)20-6-5-7-21(28)15-20/h5-7,9-10,14-15,17,22H,3-4,8,11-13,16H2,1-2H3,(H,29,32)/t22-/m0/s1. The molecule has 7 nitrogen and oxygen atoms in total. The average Bonchev–Trinajstić information content (AvgIpc) is 3.17. The highest BCUT2D eigenvalue weighted by Crippen LogP contribution is 2.30. The SMILES string of the molecule is COc1cc(CN(C(=O)c2cccc(Cl)c2)[C@H]2CCCCNC2=O)ccc1OCCc1scnc1C. The van der Waals surface area contributed by atoms with E-state index in [-0.39, 0.29) is 18.4 Å². The van der Waals surface area contributed by atoms with Gasteiger partial charge in [0.25, 0.3) is 5.91 Å². The van der Waals surface area contributed by atoms with Crippen molar-refractivity contribution in [3.8, 4) is 11.5 Å². The number of aryl methyl sites for hydroxylation is 1. The first kappa shape index (κ1) is 26.0. The minimum atomic E-state index is -0.566. The number of hydrogen-bond donors (Lipinski definition) is 1. The fourth-order valence-corrected chi connectivity index (χ4v) is 5.23. The van der Waals surface area contributed by atoms with Gasteiger partial charge in [-0.1, -0.05) is 23.7 Å². The van der Waals surface area contributed by atoms with E-state index < -0.39 is 6.04 Å². The van der Waals surface area contributed by atoms with Gasteiger partial charge in [-0.05, 0) is 62.1 Å². The van der Waals surface area contributed by atoms with Gasteiger partial charge in [0.1, 0.15) is 6.04 Å². The monoisotopic (exact) mass is 527 g/mol. The number of halogens is 1. The third kappa shape index (κ3) is 6.36. The Morgan fingerprint density at radius 1 is 1.22 bits per heavy atom. The summed E-state index contributed by atoms with van der Waals surface area (Å²) in [4.78, 5) is 33.6. The third-order valence-electron chi connectivity index (χ3n) is 6.23. The lowest BCUT2D eigenvalue weighted by molar-refractivity contribution is -0.125. The summed E-state index contributed by atoms with van der Waals surface area (Å²) in [7, 11) is 1.59. The van der Waals surface area contributed by atoms with E-state index in [0.29, 0.717) is 41.7 Å². The van der Waals surface area contributed by atoms with Gasteiger partial charge in [0.2, 0.25) is 5.91 Å². The first-order chi connectivity index (χ1) is 17.5. The summed E-state index contributed by atoms with van der Waals surface area (Å²) in [6.07, 6.45) is 3.12. The maximum Gasteiger partial charge on any atom is 0.254 e. The number of carbonyl (C=O) groups is 2. The smallest absolute Gasteiger partial charge is 0.254 e. The van der Waals surface area contributed by atoms with Crippen LogP contribution in [-0.4, -0.2) is 48.0 Å². The lowest BCUT2D eigenvalue weighted by Gasteiger charge is -2.30. The molecule has 4 rings (SSSR count). The van der Waals surface area contributed by atoms with Crippen molar-refractivity contribution in [2.45, 2.75) is 45.2 Å². The van der Waals surface area contributed by atoms with E-state index in [1.165, 1.54) is 4.88 Å². The zero-order valence-corrected chi connectivity index (χ0v) is 22.0. The molecule has 1 aliphatic rings. The molecule has 2 aromatic carbocycles. The van der Waals surface area contributed by atoms with Gasteiger partial charge in [-0.25, -0.2) is 4.98 Å². The van der Waals surface area contributed by atoms with Crippen molar-refractivity contribution in [2.24, 2.45) is 0 Å². The van der Waals surface area contributed by atoms with E-state index in [9.17, 15) is 9.59 Å². The first-order valence-corrected chi connectivity index (χ1v) is 13.2. The minimum absolute atomic E-state index is 0.131. The van der Waals surface area contributed by atoms with Crippen LogP contribution in [0, 0.1) is 6.92 Å². The van der Waals surface area contributed by atoms with Gasteiger partial charge in [-0.2, -0.15) is 0 Å². The predicted molar refractivity (Wildman–Crippen MR) is 141 cm³/mol. The highest BCUT2D eigenvalue weighted by atomic mass is 35.5. The van der Waals surface area contributed by atoms with E-state index in [1.54, 1.807) is 47.6 Å². The Balaban J connectivity index is 1.54. The summed E-state index contributed by atoms with van der Waals surface area (Å²) < 4.78 is 11.6. The molecule has 1 aromatic heterocycles. The predicted octanol–water partition coefficient (Wildman–Crippen LogP) is 5.05. The van der Waals surface area contributed by atoms with Crippen LogP contribution >= 0.6 is 22.9 Å². The van der Waals surface area contributed by atoms with Crippen LogP contribution in [0.4, 0.5) is 0 Å². The minimum Gasteiger partial charge on any atom is -0.493 e. The Hall–Kier alpha value is -3.10. The van der Waals surface area contributed by atoms with Crippen molar-refractivity contribution in [1.82, 2.24) is 15.2 Å². The topological polar surface area (TPSA) is 80.8 Å². The highest BCUT2D eigenvalue weighted by Gasteiger charge is 2.31. The number of methoxy groups -OCH3 is 1. The van der Waals surface area contributed by atoms with Crippen molar-refractivity contribution >= 4 is 34.8 Å². The fourth-order valence-electron chi connectivity index (χ4n) is 4.28. The van der Waals surface area contributed by atoms with Crippen molar-refractivity contribution in [1.29, 1.82) is 0 Å². The van der Waals surface area contributed by atoms with E-state index in [4.69, 9.17) is 21.1 Å². The Bertz CT molecular complexity index is 1220. The molecule has 0 radical (unpaired) electrons. The Labute approximate surface area is 220 Å². The number of nitrogens with one attached hydrogen (secondary N) is 1. The molecule has 0 unspecified atom stereocenters. The van der Waals surface area contributed by atoms with Gasteiger partial charge in [-0.15, -0.1) is 11.3 Å².